The average Bonchev–Trinajstić information content (AvgIpc) is 3.29. The van der Waals surface area contributed by atoms with E-state index in [-0.39, 0.29) is 28.8 Å². The van der Waals surface area contributed by atoms with Crippen molar-refractivity contribution in [1.82, 2.24) is 10.0 Å². The zero-order chi connectivity index (χ0) is 23.2. The maximum Gasteiger partial charge on any atom is 0.244 e. The van der Waals surface area contributed by atoms with Gasteiger partial charge in [-0.15, -0.1) is 0 Å². The van der Waals surface area contributed by atoms with Crippen LogP contribution in [0, 0.1) is 5.41 Å². The van der Waals surface area contributed by atoms with Crippen molar-refractivity contribution in [3.05, 3.63) is 96.0 Å². The highest BCUT2D eigenvalue weighted by Gasteiger charge is 2.27. The van der Waals surface area contributed by atoms with Gasteiger partial charge < -0.3 is 9.73 Å². The first kappa shape index (κ1) is 23.5. The predicted octanol–water partition coefficient (Wildman–Crippen LogP) is 4.67. The Hall–Kier alpha value is -3.16. The molecule has 0 aliphatic rings. The van der Waals surface area contributed by atoms with Crippen LogP contribution >= 0.6 is 0 Å². The molecule has 2 N–H and O–H groups in total. The topological polar surface area (TPSA) is 88.4 Å². The molecule has 6 nitrogen and oxygen atoms in total. The van der Waals surface area contributed by atoms with Crippen LogP contribution in [0.5, 0.6) is 0 Å². The minimum absolute atomic E-state index is 0.0769. The number of hydrogen-bond acceptors (Lipinski definition) is 4. The van der Waals surface area contributed by atoms with E-state index in [4.69, 9.17) is 4.42 Å². The SMILES string of the molecule is CC(C)(C)C(NC(=O)/C=C/c1ccc(S(=O)(=O)NCc2ccco2)cc1)c1ccccc1. The van der Waals surface area contributed by atoms with E-state index in [0.29, 0.717) is 5.76 Å². The van der Waals surface area contributed by atoms with E-state index < -0.39 is 10.0 Å². The van der Waals surface area contributed by atoms with Crippen molar-refractivity contribution in [2.75, 3.05) is 0 Å². The normalized spacial score (nSPS) is 13.2. The van der Waals surface area contributed by atoms with Crippen molar-refractivity contribution < 1.29 is 17.6 Å². The van der Waals surface area contributed by atoms with E-state index in [1.807, 2.05) is 30.3 Å². The number of sulfonamides is 1. The quantitative estimate of drug-likeness (QED) is 0.486. The molecule has 0 fully saturated rings. The van der Waals surface area contributed by atoms with Gasteiger partial charge in [0.1, 0.15) is 5.76 Å². The van der Waals surface area contributed by atoms with Crippen LogP contribution in [0.3, 0.4) is 0 Å². The predicted molar refractivity (Wildman–Crippen MR) is 125 cm³/mol. The van der Waals surface area contributed by atoms with Gasteiger partial charge in [0.2, 0.25) is 15.9 Å². The number of furan rings is 1. The molecule has 1 unspecified atom stereocenters. The number of carbonyl (C=O) groups excluding carboxylic acids is 1. The third-order valence-electron chi connectivity index (χ3n) is 4.92. The van der Waals surface area contributed by atoms with Crippen LogP contribution in [-0.4, -0.2) is 14.3 Å². The summed E-state index contributed by atoms with van der Waals surface area (Å²) in [6.07, 6.45) is 4.61. The first-order valence-corrected chi connectivity index (χ1v) is 11.8. The van der Waals surface area contributed by atoms with Crippen LogP contribution in [0.4, 0.5) is 0 Å². The van der Waals surface area contributed by atoms with Crippen LogP contribution in [-0.2, 0) is 21.4 Å². The van der Waals surface area contributed by atoms with Crippen molar-refractivity contribution >= 4 is 22.0 Å². The Labute approximate surface area is 189 Å². The molecule has 0 bridgehead atoms. The van der Waals surface area contributed by atoms with Crippen molar-refractivity contribution in [2.24, 2.45) is 5.41 Å². The lowest BCUT2D eigenvalue weighted by atomic mass is 9.82. The van der Waals surface area contributed by atoms with E-state index in [2.05, 4.69) is 30.8 Å². The Balaban J connectivity index is 1.64. The van der Waals surface area contributed by atoms with Crippen molar-refractivity contribution in [2.45, 2.75) is 38.3 Å². The van der Waals surface area contributed by atoms with Gasteiger partial charge in [0.15, 0.2) is 0 Å². The maximum absolute atomic E-state index is 12.6. The number of rotatable bonds is 8. The second kappa shape index (κ2) is 9.97. The fraction of sp³-hybridized carbons (Fsp3) is 0.240. The first-order valence-electron chi connectivity index (χ1n) is 10.3. The summed E-state index contributed by atoms with van der Waals surface area (Å²) in [6, 6.07) is 19.4. The number of carbonyl (C=O) groups is 1. The van der Waals surface area contributed by atoms with Crippen LogP contribution in [0.25, 0.3) is 6.08 Å². The van der Waals surface area contributed by atoms with E-state index in [0.717, 1.165) is 11.1 Å². The summed E-state index contributed by atoms with van der Waals surface area (Å²) < 4.78 is 32.5. The number of benzene rings is 2. The molecule has 0 saturated carbocycles. The lowest BCUT2D eigenvalue weighted by molar-refractivity contribution is -0.117. The smallest absolute Gasteiger partial charge is 0.244 e. The Bertz CT molecular complexity index is 1140. The van der Waals surface area contributed by atoms with Gasteiger partial charge in [-0.25, -0.2) is 13.1 Å². The largest absolute Gasteiger partial charge is 0.468 e. The standard InChI is InChI=1S/C25H28N2O4S/c1-25(2,3)24(20-8-5-4-6-9-20)27-23(28)16-13-19-11-14-22(15-12-19)32(29,30)26-18-21-10-7-17-31-21/h4-17,24,26H,18H2,1-3H3,(H,27,28)/b16-13+. The average molecular weight is 453 g/mol. The van der Waals surface area contributed by atoms with E-state index in [9.17, 15) is 13.2 Å². The highest BCUT2D eigenvalue weighted by molar-refractivity contribution is 7.89. The molecule has 0 aliphatic carbocycles. The molecule has 1 amide bonds. The summed E-state index contributed by atoms with van der Waals surface area (Å²) in [5, 5.41) is 3.07. The van der Waals surface area contributed by atoms with Crippen LogP contribution in [0.2, 0.25) is 0 Å². The van der Waals surface area contributed by atoms with Gasteiger partial charge in [0.05, 0.1) is 23.7 Å². The van der Waals surface area contributed by atoms with Gasteiger partial charge in [0.25, 0.3) is 0 Å². The zero-order valence-electron chi connectivity index (χ0n) is 18.4. The first-order chi connectivity index (χ1) is 15.1. The molecular weight excluding hydrogens is 424 g/mol. The van der Waals surface area contributed by atoms with E-state index >= 15 is 0 Å². The third kappa shape index (κ3) is 6.42. The Kier molecular flexibility index (Phi) is 7.33. The summed E-state index contributed by atoms with van der Waals surface area (Å²) in [7, 11) is -3.66. The van der Waals surface area contributed by atoms with Gasteiger partial charge in [-0.2, -0.15) is 0 Å². The molecule has 0 saturated heterocycles. The van der Waals surface area contributed by atoms with Crippen molar-refractivity contribution in [3.8, 4) is 0 Å². The second-order valence-corrected chi connectivity index (χ2v) is 10.3. The molecule has 3 rings (SSSR count). The van der Waals surface area contributed by atoms with Gasteiger partial charge in [-0.1, -0.05) is 63.2 Å². The zero-order valence-corrected chi connectivity index (χ0v) is 19.2. The monoisotopic (exact) mass is 452 g/mol. The minimum atomic E-state index is -3.66. The molecule has 0 spiro atoms. The summed E-state index contributed by atoms with van der Waals surface area (Å²) in [6.45, 7) is 6.31. The van der Waals surface area contributed by atoms with Gasteiger partial charge in [-0.05, 0) is 46.9 Å². The lowest BCUT2D eigenvalue weighted by Gasteiger charge is -2.31. The molecule has 1 aromatic heterocycles. The van der Waals surface area contributed by atoms with Gasteiger partial charge >= 0.3 is 0 Å². The second-order valence-electron chi connectivity index (χ2n) is 8.52. The van der Waals surface area contributed by atoms with Crippen LogP contribution in [0.1, 0.15) is 43.7 Å². The summed E-state index contributed by atoms with van der Waals surface area (Å²) in [5.74, 6) is 0.314. The number of hydrogen-bond donors (Lipinski definition) is 2. The molecule has 0 aliphatic heterocycles. The molecule has 2 aromatic carbocycles. The summed E-state index contributed by atoms with van der Waals surface area (Å²) in [4.78, 5) is 12.7. The van der Waals surface area contributed by atoms with Crippen molar-refractivity contribution in [3.63, 3.8) is 0 Å². The Morgan fingerprint density at radius 3 is 2.28 bits per heavy atom. The Morgan fingerprint density at radius 1 is 1.00 bits per heavy atom. The molecule has 7 heteroatoms. The highest BCUT2D eigenvalue weighted by Crippen LogP contribution is 2.32. The fourth-order valence-electron chi connectivity index (χ4n) is 3.23. The summed E-state index contributed by atoms with van der Waals surface area (Å²) >= 11 is 0. The molecule has 32 heavy (non-hydrogen) atoms. The lowest BCUT2D eigenvalue weighted by Crippen LogP contribution is -2.35. The number of nitrogens with one attached hydrogen (secondary N) is 2. The minimum Gasteiger partial charge on any atom is -0.468 e. The summed E-state index contributed by atoms with van der Waals surface area (Å²) in [5.41, 5.74) is 1.60. The van der Waals surface area contributed by atoms with Crippen LogP contribution < -0.4 is 10.0 Å². The highest BCUT2D eigenvalue weighted by atomic mass is 32.2. The molecule has 0 radical (unpaired) electrons. The molecule has 3 aromatic rings. The fourth-order valence-corrected chi connectivity index (χ4v) is 4.22. The Morgan fingerprint density at radius 2 is 1.69 bits per heavy atom. The van der Waals surface area contributed by atoms with E-state index in [1.165, 1.54) is 24.5 Å². The van der Waals surface area contributed by atoms with E-state index in [1.54, 1.807) is 30.3 Å². The molecule has 1 heterocycles. The van der Waals surface area contributed by atoms with Crippen molar-refractivity contribution in [1.29, 1.82) is 0 Å². The molecule has 168 valence electrons. The maximum atomic E-state index is 12.6. The number of amides is 1. The molecule has 1 atom stereocenters. The van der Waals surface area contributed by atoms with Gasteiger partial charge in [-0.3, -0.25) is 4.79 Å². The molecular formula is C25H28N2O4S. The van der Waals surface area contributed by atoms with Crippen LogP contribution in [0.15, 0.2) is 88.4 Å². The third-order valence-corrected chi connectivity index (χ3v) is 6.34. The van der Waals surface area contributed by atoms with Gasteiger partial charge in [0, 0.05) is 6.08 Å².